The fourth-order valence-corrected chi connectivity index (χ4v) is 10.8. The van der Waals surface area contributed by atoms with Gasteiger partial charge in [-0.05, 0) is 123 Å². The van der Waals surface area contributed by atoms with Gasteiger partial charge in [0.1, 0.15) is 0 Å². The van der Waals surface area contributed by atoms with E-state index in [0.717, 1.165) is 17.1 Å². The lowest BCUT2D eigenvalue weighted by Crippen LogP contribution is -2.11. The molecule has 13 rings (SSSR count). The van der Waals surface area contributed by atoms with Crippen molar-refractivity contribution in [1.82, 2.24) is 0 Å². The Labute approximate surface area is 366 Å². The van der Waals surface area contributed by atoms with Crippen LogP contribution in [0, 0.1) is 0 Å². The van der Waals surface area contributed by atoms with Crippen LogP contribution in [-0.4, -0.2) is 0 Å². The number of hydrogen-bond donors (Lipinski definition) is 0. The van der Waals surface area contributed by atoms with Crippen molar-refractivity contribution in [2.45, 2.75) is 0 Å². The van der Waals surface area contributed by atoms with Gasteiger partial charge in [0, 0.05) is 16.5 Å². The molecule has 0 radical (unpaired) electrons. The fourth-order valence-electron chi connectivity index (χ4n) is 10.8. The molecule has 0 fully saturated rings. The summed E-state index contributed by atoms with van der Waals surface area (Å²) in [5.41, 5.74) is 18.3. The van der Waals surface area contributed by atoms with Crippen molar-refractivity contribution in [1.29, 1.82) is 0 Å². The van der Waals surface area contributed by atoms with Crippen molar-refractivity contribution >= 4 is 60.2 Å². The van der Waals surface area contributed by atoms with Crippen LogP contribution in [0.5, 0.6) is 0 Å². The van der Waals surface area contributed by atoms with Crippen molar-refractivity contribution in [2.24, 2.45) is 0 Å². The lowest BCUT2D eigenvalue weighted by molar-refractivity contribution is 1.32. The van der Waals surface area contributed by atoms with Crippen LogP contribution >= 0.6 is 0 Å². The van der Waals surface area contributed by atoms with E-state index in [-0.39, 0.29) is 0 Å². The summed E-state index contributed by atoms with van der Waals surface area (Å²) in [5, 5.41) is 10.2. The molecule has 1 aliphatic carbocycles. The quantitative estimate of drug-likeness (QED) is 0.145. The van der Waals surface area contributed by atoms with Crippen molar-refractivity contribution in [3.63, 3.8) is 0 Å². The lowest BCUT2D eigenvalue weighted by atomic mass is 9.76. The summed E-state index contributed by atoms with van der Waals surface area (Å²) >= 11 is 0. The standard InChI is InChI=1S/C62H39N/c1-6-18-40(19-7-1)56-57(41-20-8-2-9-21-41)59(43-24-12-4-13-25-43)62-51-37-39-53(48-30-17-31-50(60(48)51)61(62)58(56)42-22-10-3-11-23-42)63(47-28-14-5-15-29-47)52-38-35-46-33-32-44-26-16-27-45-34-36-49(52)55(46)54(44)45/h1-39H. The van der Waals surface area contributed by atoms with Crippen molar-refractivity contribution in [3.8, 4) is 66.8 Å². The van der Waals surface area contributed by atoms with Gasteiger partial charge in [-0.15, -0.1) is 0 Å². The number of fused-ring (bicyclic) bond motifs is 3. The molecule has 63 heavy (non-hydrogen) atoms. The van der Waals surface area contributed by atoms with Crippen molar-refractivity contribution in [2.75, 3.05) is 4.90 Å². The predicted octanol–water partition coefficient (Wildman–Crippen LogP) is 17.5. The first kappa shape index (κ1) is 35.5. The van der Waals surface area contributed by atoms with Crippen LogP contribution in [0.3, 0.4) is 0 Å². The van der Waals surface area contributed by atoms with E-state index in [0.29, 0.717) is 0 Å². The molecule has 292 valence electrons. The molecule has 0 spiro atoms. The highest BCUT2D eigenvalue weighted by Gasteiger charge is 2.35. The van der Waals surface area contributed by atoms with E-state index in [1.54, 1.807) is 0 Å². The first-order valence-corrected chi connectivity index (χ1v) is 21.9. The highest BCUT2D eigenvalue weighted by atomic mass is 15.1. The zero-order valence-electron chi connectivity index (χ0n) is 34.5. The molecule has 12 aromatic carbocycles. The Bertz CT molecular complexity index is 3560. The summed E-state index contributed by atoms with van der Waals surface area (Å²) in [4.78, 5) is 2.50. The molecular formula is C62H39N. The topological polar surface area (TPSA) is 3.24 Å². The van der Waals surface area contributed by atoms with Gasteiger partial charge in [-0.25, -0.2) is 0 Å². The Kier molecular flexibility index (Phi) is 7.98. The SMILES string of the molecule is c1ccc(-c2c(-c3ccccc3)c(-c3ccccc3)c3c(c2-c2ccccc2)-c2cccc4c(N(c5ccccc5)c5ccc6ccc7cccc8ccc5c6c78)ccc-3c24)cc1. The monoisotopic (exact) mass is 797 g/mol. The van der Waals surface area contributed by atoms with Crippen LogP contribution in [0.15, 0.2) is 237 Å². The maximum atomic E-state index is 2.50. The van der Waals surface area contributed by atoms with Crippen LogP contribution in [0.1, 0.15) is 0 Å². The Morgan fingerprint density at radius 1 is 0.222 bits per heavy atom. The molecule has 0 heterocycles. The van der Waals surface area contributed by atoms with Crippen LogP contribution in [0.4, 0.5) is 17.1 Å². The van der Waals surface area contributed by atoms with E-state index in [4.69, 9.17) is 0 Å². The summed E-state index contributed by atoms with van der Waals surface area (Å²) in [6, 6.07) is 87.3. The van der Waals surface area contributed by atoms with E-state index >= 15 is 0 Å². The summed E-state index contributed by atoms with van der Waals surface area (Å²) in [7, 11) is 0. The summed E-state index contributed by atoms with van der Waals surface area (Å²) in [6.45, 7) is 0. The largest absolute Gasteiger partial charge is 0.309 e. The van der Waals surface area contributed by atoms with Gasteiger partial charge in [0.05, 0.1) is 11.4 Å². The predicted molar refractivity (Wildman–Crippen MR) is 269 cm³/mol. The number of benzene rings is 12. The number of para-hydroxylation sites is 1. The van der Waals surface area contributed by atoms with Crippen LogP contribution in [0.2, 0.25) is 0 Å². The highest BCUT2D eigenvalue weighted by Crippen LogP contribution is 2.62. The second kappa shape index (κ2) is 14.2. The third kappa shape index (κ3) is 5.37. The van der Waals surface area contributed by atoms with Crippen LogP contribution < -0.4 is 4.90 Å². The molecule has 0 saturated heterocycles. The van der Waals surface area contributed by atoms with Gasteiger partial charge in [0.2, 0.25) is 0 Å². The van der Waals surface area contributed by atoms with Gasteiger partial charge in [0.15, 0.2) is 0 Å². The van der Waals surface area contributed by atoms with E-state index in [1.165, 1.54) is 110 Å². The number of rotatable bonds is 7. The second-order valence-corrected chi connectivity index (χ2v) is 16.7. The Balaban J connectivity index is 1.17. The van der Waals surface area contributed by atoms with Crippen molar-refractivity contribution < 1.29 is 0 Å². The minimum Gasteiger partial charge on any atom is -0.309 e. The second-order valence-electron chi connectivity index (χ2n) is 16.7. The first-order chi connectivity index (χ1) is 31.3. The molecule has 0 saturated carbocycles. The number of hydrogen-bond acceptors (Lipinski definition) is 1. The summed E-state index contributed by atoms with van der Waals surface area (Å²) < 4.78 is 0. The fraction of sp³-hybridized carbons (Fsp3) is 0. The maximum Gasteiger partial charge on any atom is 0.0540 e. The first-order valence-electron chi connectivity index (χ1n) is 21.9. The van der Waals surface area contributed by atoms with Gasteiger partial charge < -0.3 is 4.90 Å². The Morgan fingerprint density at radius 2 is 0.603 bits per heavy atom. The molecule has 0 bridgehead atoms. The molecule has 0 aliphatic heterocycles. The van der Waals surface area contributed by atoms with E-state index in [1.807, 2.05) is 0 Å². The van der Waals surface area contributed by atoms with Crippen molar-refractivity contribution in [3.05, 3.63) is 237 Å². The molecule has 0 amide bonds. The molecule has 0 atom stereocenters. The molecule has 12 aromatic rings. The normalized spacial score (nSPS) is 11.8. The molecular weight excluding hydrogens is 759 g/mol. The zero-order valence-corrected chi connectivity index (χ0v) is 34.5. The van der Waals surface area contributed by atoms with E-state index < -0.39 is 0 Å². The summed E-state index contributed by atoms with van der Waals surface area (Å²) in [6.07, 6.45) is 0. The third-order valence-corrected chi connectivity index (χ3v) is 13.3. The number of nitrogens with zero attached hydrogens (tertiary/aromatic N) is 1. The summed E-state index contributed by atoms with van der Waals surface area (Å²) in [5.74, 6) is 0. The zero-order chi connectivity index (χ0) is 41.4. The average Bonchev–Trinajstić information content (AvgIpc) is 3.69. The van der Waals surface area contributed by atoms with Gasteiger partial charge in [-0.1, -0.05) is 212 Å². The van der Waals surface area contributed by atoms with Gasteiger partial charge in [-0.3, -0.25) is 0 Å². The van der Waals surface area contributed by atoms with Gasteiger partial charge in [0.25, 0.3) is 0 Å². The Hall–Kier alpha value is -8.26. The number of anilines is 3. The minimum atomic E-state index is 1.12. The molecule has 1 heteroatoms. The highest BCUT2D eigenvalue weighted by molar-refractivity contribution is 6.29. The minimum absolute atomic E-state index is 1.12. The van der Waals surface area contributed by atoms with Crippen LogP contribution in [0.25, 0.3) is 110 Å². The molecule has 1 aliphatic rings. The lowest BCUT2D eigenvalue weighted by Gasteiger charge is -2.29. The molecule has 0 aromatic heterocycles. The maximum absolute atomic E-state index is 2.50. The van der Waals surface area contributed by atoms with Crippen LogP contribution in [-0.2, 0) is 0 Å². The molecule has 0 N–H and O–H groups in total. The smallest absolute Gasteiger partial charge is 0.0540 e. The van der Waals surface area contributed by atoms with E-state index in [2.05, 4.69) is 241 Å². The Morgan fingerprint density at radius 3 is 1.13 bits per heavy atom. The molecule has 1 nitrogen and oxygen atoms in total. The third-order valence-electron chi connectivity index (χ3n) is 13.3. The van der Waals surface area contributed by atoms with Gasteiger partial charge >= 0.3 is 0 Å². The average molecular weight is 798 g/mol. The molecule has 0 unspecified atom stereocenters. The van der Waals surface area contributed by atoms with E-state index in [9.17, 15) is 0 Å². The van der Waals surface area contributed by atoms with Gasteiger partial charge in [-0.2, -0.15) is 0 Å².